The summed E-state index contributed by atoms with van der Waals surface area (Å²) in [5.74, 6) is 0. The van der Waals surface area contributed by atoms with E-state index in [1.807, 2.05) is 49.1 Å². The maximum absolute atomic E-state index is 9.28. The molecule has 0 amide bonds. The van der Waals surface area contributed by atoms with Crippen molar-refractivity contribution in [2.45, 2.75) is 26.2 Å². The predicted octanol–water partition coefficient (Wildman–Crippen LogP) is 6.56. The van der Waals surface area contributed by atoms with E-state index in [0.717, 1.165) is 44.5 Å². The predicted molar refractivity (Wildman–Crippen MR) is 171 cm³/mol. The highest BCUT2D eigenvalue weighted by Gasteiger charge is 2.15. The average molecular weight is 603 g/mol. The molecule has 0 fully saturated rings. The molecular formula is C36H30N10+4. The van der Waals surface area contributed by atoms with Crippen molar-refractivity contribution in [3.05, 3.63) is 178 Å². The van der Waals surface area contributed by atoms with Crippen LogP contribution in [0.15, 0.2) is 145 Å². The van der Waals surface area contributed by atoms with E-state index in [0.29, 0.717) is 37.6 Å². The molecule has 0 saturated carbocycles. The van der Waals surface area contributed by atoms with E-state index in [4.69, 9.17) is 0 Å². The van der Waals surface area contributed by atoms with Crippen LogP contribution in [0.1, 0.15) is 22.3 Å². The summed E-state index contributed by atoms with van der Waals surface area (Å²) in [6, 6.07) is 29.0. The highest BCUT2D eigenvalue weighted by Crippen LogP contribution is 2.24. The summed E-state index contributed by atoms with van der Waals surface area (Å²) in [5, 5.41) is 8.04. The molecular weight excluding hydrogens is 572 g/mol. The van der Waals surface area contributed by atoms with Crippen LogP contribution in [0.2, 0.25) is 0 Å². The van der Waals surface area contributed by atoms with Crippen LogP contribution in [0.5, 0.6) is 0 Å². The van der Waals surface area contributed by atoms with Crippen LogP contribution in [-0.2, 0) is 26.2 Å². The Morgan fingerprint density at radius 1 is 0.413 bits per heavy atom. The largest absolute Gasteiger partial charge is 0.201 e. The fourth-order valence-corrected chi connectivity index (χ4v) is 5.80. The van der Waals surface area contributed by atoms with E-state index in [-0.39, 0.29) is 0 Å². The second kappa shape index (κ2) is 12.7. The maximum Gasteiger partial charge on any atom is 0.174 e. The molecule has 20 heterocycles. The first-order valence-electron chi connectivity index (χ1n) is 14.9. The number of rotatable bonds is 2. The van der Waals surface area contributed by atoms with Gasteiger partial charge in [-0.1, -0.05) is 34.5 Å². The second-order valence-electron chi connectivity index (χ2n) is 11.3. The SMILES string of the molecule is [N-]=[N+]=Nc1cc2ccc1C[n+]1ccc(cc1)-c1cc[n+](cc1)Cc1ccc(cc1N=[N+]=[N-])C[n+]1ccc(cc1)-c1cc[n+](cc1)C2. The van der Waals surface area contributed by atoms with E-state index >= 15 is 0 Å². The van der Waals surface area contributed by atoms with Gasteiger partial charge in [-0.2, -0.15) is 0 Å². The van der Waals surface area contributed by atoms with Crippen LogP contribution in [0.25, 0.3) is 43.1 Å². The fraction of sp³-hybridized carbons (Fsp3) is 0.111. The van der Waals surface area contributed by atoms with Crippen LogP contribution in [0, 0.1) is 0 Å². The summed E-state index contributed by atoms with van der Waals surface area (Å²) in [6.07, 6.45) is 16.4. The van der Waals surface area contributed by atoms with Gasteiger partial charge in [0.2, 0.25) is 0 Å². The van der Waals surface area contributed by atoms with Crippen molar-refractivity contribution in [1.82, 2.24) is 0 Å². The molecule has 0 saturated heterocycles. The summed E-state index contributed by atoms with van der Waals surface area (Å²) in [5.41, 5.74) is 28.2. The number of hydrogen-bond acceptors (Lipinski definition) is 2. The monoisotopic (exact) mass is 602 g/mol. The Bertz CT molecular complexity index is 1970. The van der Waals surface area contributed by atoms with Crippen molar-refractivity contribution in [3.63, 3.8) is 0 Å². The molecule has 0 N–H and O–H groups in total. The molecule has 22 rings (SSSR count). The first-order chi connectivity index (χ1) is 22.6. The topological polar surface area (TPSA) is 113 Å². The minimum atomic E-state index is 0.578. The highest BCUT2D eigenvalue weighted by atomic mass is 15.1. The third kappa shape index (κ3) is 6.30. The van der Waals surface area contributed by atoms with Gasteiger partial charge in [-0.25, -0.2) is 18.3 Å². The molecule has 16 aliphatic rings. The third-order valence-corrected chi connectivity index (χ3v) is 8.27. The Kier molecular flexibility index (Phi) is 7.86. The molecule has 12 bridgehead atoms. The summed E-state index contributed by atoms with van der Waals surface area (Å²) in [4.78, 5) is 6.19. The lowest BCUT2D eigenvalue weighted by molar-refractivity contribution is -0.689. The summed E-state index contributed by atoms with van der Waals surface area (Å²) >= 11 is 0. The first-order valence-corrected chi connectivity index (χ1v) is 14.9. The summed E-state index contributed by atoms with van der Waals surface area (Å²) in [7, 11) is 0. The van der Waals surface area contributed by atoms with Gasteiger partial charge in [0.1, 0.15) is 0 Å². The molecule has 10 nitrogen and oxygen atoms in total. The number of azide groups is 2. The van der Waals surface area contributed by atoms with Gasteiger partial charge < -0.3 is 0 Å². The lowest BCUT2D eigenvalue weighted by Gasteiger charge is -2.07. The molecule has 0 unspecified atom stereocenters. The molecule has 0 aliphatic carbocycles. The van der Waals surface area contributed by atoms with E-state index in [9.17, 15) is 11.1 Å². The van der Waals surface area contributed by atoms with E-state index in [1.165, 1.54) is 0 Å². The molecule has 4 aromatic heterocycles. The van der Waals surface area contributed by atoms with Gasteiger partial charge in [-0.15, -0.1) is 0 Å². The zero-order chi connectivity index (χ0) is 31.3. The van der Waals surface area contributed by atoms with Crippen LogP contribution in [-0.4, -0.2) is 0 Å². The smallest absolute Gasteiger partial charge is 0.174 e. The van der Waals surface area contributed by atoms with E-state index in [2.05, 4.69) is 124 Å². The Labute approximate surface area is 265 Å². The van der Waals surface area contributed by atoms with Gasteiger partial charge in [-0.05, 0) is 45.4 Å². The fourth-order valence-electron chi connectivity index (χ4n) is 5.80. The molecule has 0 radical (unpaired) electrons. The lowest BCUT2D eigenvalue weighted by atomic mass is 10.1. The van der Waals surface area contributed by atoms with Crippen LogP contribution < -0.4 is 18.3 Å². The van der Waals surface area contributed by atoms with E-state index in [1.54, 1.807) is 0 Å². The van der Waals surface area contributed by atoms with Crippen molar-refractivity contribution in [3.8, 4) is 22.3 Å². The Morgan fingerprint density at radius 2 is 0.717 bits per heavy atom. The summed E-state index contributed by atoms with van der Waals surface area (Å²) < 4.78 is 8.37. The average Bonchev–Trinajstić information content (AvgIpc) is 3.08. The second-order valence-corrected chi connectivity index (χ2v) is 11.3. The zero-order valence-electron chi connectivity index (χ0n) is 25.0. The van der Waals surface area contributed by atoms with Gasteiger partial charge in [0.25, 0.3) is 0 Å². The van der Waals surface area contributed by atoms with Gasteiger partial charge in [-0.3, -0.25) is 0 Å². The quantitative estimate of drug-likeness (QED) is 0.0924. The molecule has 0 spiro atoms. The molecule has 0 atom stereocenters. The molecule has 10 heteroatoms. The van der Waals surface area contributed by atoms with E-state index < -0.39 is 0 Å². The Morgan fingerprint density at radius 3 is 1.02 bits per heavy atom. The van der Waals surface area contributed by atoms with Gasteiger partial charge in [0.05, 0.1) is 0 Å². The minimum absolute atomic E-state index is 0.578. The van der Waals surface area contributed by atoms with Gasteiger partial charge in [0.15, 0.2) is 75.8 Å². The van der Waals surface area contributed by atoms with Gasteiger partial charge >= 0.3 is 0 Å². The number of nitrogens with zero attached hydrogens (tertiary/aromatic N) is 10. The van der Waals surface area contributed by atoms with Crippen LogP contribution in [0.3, 0.4) is 0 Å². The number of aromatic nitrogens is 4. The van der Waals surface area contributed by atoms with Crippen molar-refractivity contribution in [2.24, 2.45) is 10.2 Å². The minimum Gasteiger partial charge on any atom is -0.201 e. The van der Waals surface area contributed by atoms with Gasteiger partial charge in [0, 0.05) is 92.0 Å². The molecule has 2 aromatic carbocycles. The van der Waals surface area contributed by atoms with Crippen molar-refractivity contribution in [2.75, 3.05) is 0 Å². The third-order valence-electron chi connectivity index (χ3n) is 8.27. The normalized spacial score (nSPS) is 12.0. The Hall–Kier alpha value is -6.34. The highest BCUT2D eigenvalue weighted by molar-refractivity contribution is 5.62. The zero-order valence-corrected chi connectivity index (χ0v) is 25.0. The number of benzene rings is 2. The van der Waals surface area contributed by atoms with Crippen molar-refractivity contribution in [1.29, 1.82) is 0 Å². The van der Waals surface area contributed by atoms with Crippen molar-refractivity contribution < 1.29 is 18.3 Å². The maximum atomic E-state index is 9.28. The van der Waals surface area contributed by atoms with Crippen molar-refractivity contribution >= 4 is 11.4 Å². The van der Waals surface area contributed by atoms with Crippen LogP contribution >= 0.6 is 0 Å². The summed E-state index contributed by atoms with van der Waals surface area (Å²) in [6.45, 7) is 2.46. The number of pyridine rings is 4. The molecule has 6 aromatic rings. The van der Waals surface area contributed by atoms with Crippen LogP contribution in [0.4, 0.5) is 11.4 Å². The number of hydrogen-bond donors (Lipinski definition) is 0. The lowest BCUT2D eigenvalue weighted by Crippen LogP contribution is -2.34. The molecule has 220 valence electrons. The molecule has 46 heavy (non-hydrogen) atoms. The first kappa shape index (κ1) is 28.4. The molecule has 16 aliphatic heterocycles. The standard InChI is InChI=1S/C36H30N10/c37-41-39-35-21-27-1-3-33(35)25-45-17-9-31(10-18-45)32-11-19-46(20-12-32)26-34-4-2-28(22-36(34)40-42-38)24-44-15-7-30(8-16-44)29-5-13-43(23-27)14-6-29/h1-22H,23-26H2/q+4. The Balaban J connectivity index is 1.26.